The highest BCUT2D eigenvalue weighted by Gasteiger charge is 2.26. The predicted molar refractivity (Wildman–Crippen MR) is 160 cm³/mol. The van der Waals surface area contributed by atoms with Crippen molar-refractivity contribution in [3.05, 3.63) is 104 Å². The number of amides is 1. The minimum Gasteiger partial charge on any atom is -0.351 e. The molecule has 0 saturated carbocycles. The molecular formula is C29H29Cl5N2O2. The Morgan fingerprint density at radius 2 is 1.58 bits per heavy atom. The summed E-state index contributed by atoms with van der Waals surface area (Å²) in [6, 6.07) is 19.9. The largest absolute Gasteiger partial charge is 0.351 e. The van der Waals surface area contributed by atoms with E-state index in [1.54, 1.807) is 24.3 Å². The molecule has 4 nitrogen and oxygen atoms in total. The lowest BCUT2D eigenvalue weighted by molar-refractivity contribution is 0.0838. The maximum absolute atomic E-state index is 12.8. The van der Waals surface area contributed by atoms with E-state index < -0.39 is 0 Å². The van der Waals surface area contributed by atoms with Gasteiger partial charge in [-0.05, 0) is 74.8 Å². The van der Waals surface area contributed by atoms with Gasteiger partial charge < -0.3 is 10.2 Å². The van der Waals surface area contributed by atoms with Crippen molar-refractivity contribution in [2.24, 2.45) is 5.92 Å². The molecule has 9 heteroatoms. The van der Waals surface area contributed by atoms with Crippen LogP contribution >= 0.6 is 58.8 Å². The lowest BCUT2D eigenvalue weighted by Crippen LogP contribution is -2.38. The molecule has 3 aromatic carbocycles. The van der Waals surface area contributed by atoms with E-state index >= 15 is 0 Å². The third-order valence-electron chi connectivity index (χ3n) is 6.91. The number of hydrogen-bond donors (Lipinski definition) is 1. The van der Waals surface area contributed by atoms with Crippen molar-refractivity contribution >= 4 is 70.5 Å². The van der Waals surface area contributed by atoms with Gasteiger partial charge in [0.25, 0.3) is 5.91 Å². The Morgan fingerprint density at radius 1 is 0.868 bits per heavy atom. The zero-order chi connectivity index (χ0) is 26.4. The summed E-state index contributed by atoms with van der Waals surface area (Å²) in [6.45, 7) is 2.99. The first kappa shape index (κ1) is 30.7. The molecule has 1 saturated heterocycles. The fourth-order valence-corrected chi connectivity index (χ4v) is 5.53. The second kappa shape index (κ2) is 14.6. The van der Waals surface area contributed by atoms with Gasteiger partial charge in [-0.1, -0.05) is 82.8 Å². The molecule has 0 spiro atoms. The fraction of sp³-hybridized carbons (Fsp3) is 0.310. The maximum atomic E-state index is 12.8. The quantitative estimate of drug-likeness (QED) is 0.247. The smallest absolute Gasteiger partial charge is 0.252 e. The van der Waals surface area contributed by atoms with E-state index in [1.165, 1.54) is 0 Å². The Hall–Kier alpha value is -1.79. The van der Waals surface area contributed by atoms with Gasteiger partial charge in [0.2, 0.25) is 0 Å². The first-order valence-corrected chi connectivity index (χ1v) is 13.8. The van der Waals surface area contributed by atoms with Gasteiger partial charge in [0.15, 0.2) is 5.78 Å². The van der Waals surface area contributed by atoms with Gasteiger partial charge in [0.05, 0.1) is 20.6 Å². The summed E-state index contributed by atoms with van der Waals surface area (Å²) in [7, 11) is 0. The molecular weight excluding hydrogens is 586 g/mol. The Morgan fingerprint density at radius 3 is 2.24 bits per heavy atom. The summed E-state index contributed by atoms with van der Waals surface area (Å²) in [6.07, 6.45) is 2.50. The molecule has 1 fully saturated rings. The van der Waals surface area contributed by atoms with E-state index in [2.05, 4.69) is 10.2 Å². The van der Waals surface area contributed by atoms with E-state index in [9.17, 15) is 9.59 Å². The second-order valence-electron chi connectivity index (χ2n) is 9.34. The molecule has 1 atom stereocenters. The molecule has 1 amide bonds. The van der Waals surface area contributed by atoms with Crippen LogP contribution in [0.3, 0.4) is 0 Å². The topological polar surface area (TPSA) is 49.4 Å². The Labute approximate surface area is 250 Å². The van der Waals surface area contributed by atoms with Crippen LogP contribution in [0, 0.1) is 5.92 Å². The van der Waals surface area contributed by atoms with Gasteiger partial charge in [-0.25, -0.2) is 0 Å². The number of nitrogens with zero attached hydrogens (tertiary/aromatic N) is 1. The molecule has 4 rings (SSSR count). The van der Waals surface area contributed by atoms with Crippen LogP contribution in [0.1, 0.15) is 51.5 Å². The van der Waals surface area contributed by atoms with Crippen molar-refractivity contribution in [2.75, 3.05) is 26.2 Å². The van der Waals surface area contributed by atoms with Gasteiger partial charge in [0, 0.05) is 29.0 Å². The number of benzene rings is 3. The zero-order valence-electron chi connectivity index (χ0n) is 20.6. The summed E-state index contributed by atoms with van der Waals surface area (Å²) in [5.74, 6) is 0.0610. The number of ketones is 1. The second-order valence-corrected chi connectivity index (χ2v) is 11.0. The molecule has 0 bridgehead atoms. The number of halogens is 5. The molecule has 1 N–H and O–H groups in total. The summed E-state index contributed by atoms with van der Waals surface area (Å²) in [4.78, 5) is 28.0. The molecule has 1 heterocycles. The number of likely N-dealkylation sites (tertiary alicyclic amines) is 1. The third kappa shape index (κ3) is 8.11. The number of piperidine rings is 1. The molecule has 0 aliphatic carbocycles. The molecule has 1 unspecified atom stereocenters. The van der Waals surface area contributed by atoms with E-state index in [0.717, 1.165) is 50.0 Å². The predicted octanol–water partition coefficient (Wildman–Crippen LogP) is 8.22. The maximum Gasteiger partial charge on any atom is 0.252 e. The molecule has 0 radical (unpaired) electrons. The van der Waals surface area contributed by atoms with E-state index in [4.69, 9.17) is 46.4 Å². The molecule has 3 aromatic rings. The highest BCUT2D eigenvalue weighted by atomic mass is 35.5. The molecule has 1 aliphatic rings. The monoisotopic (exact) mass is 612 g/mol. The van der Waals surface area contributed by atoms with Gasteiger partial charge in [0.1, 0.15) is 0 Å². The van der Waals surface area contributed by atoms with Gasteiger partial charge >= 0.3 is 0 Å². The van der Waals surface area contributed by atoms with Crippen LogP contribution in [0.4, 0.5) is 0 Å². The summed E-state index contributed by atoms with van der Waals surface area (Å²) >= 11 is 24.6. The lowest BCUT2D eigenvalue weighted by Gasteiger charge is -2.32. The number of carbonyl (C=O) groups is 2. The SMILES string of the molecule is Cl.O=C(NCC(CCN1CCC(C(=O)c2ccccc2)CC1)c1ccc(Cl)c(Cl)c1)c1ccc(Cl)cc1Cl. The van der Waals surface area contributed by atoms with Crippen LogP contribution in [0.25, 0.3) is 0 Å². The summed E-state index contributed by atoms with van der Waals surface area (Å²) in [5, 5.41) is 4.77. The highest BCUT2D eigenvalue weighted by Crippen LogP contribution is 2.29. The normalized spacial score (nSPS) is 14.9. The Balaban J connectivity index is 0.00000400. The molecule has 38 heavy (non-hydrogen) atoms. The van der Waals surface area contributed by atoms with Crippen molar-refractivity contribution in [3.8, 4) is 0 Å². The Kier molecular flexibility index (Phi) is 11.8. The fourth-order valence-electron chi connectivity index (χ4n) is 4.73. The van der Waals surface area contributed by atoms with Crippen LogP contribution in [0.15, 0.2) is 66.7 Å². The first-order valence-electron chi connectivity index (χ1n) is 12.3. The zero-order valence-corrected chi connectivity index (χ0v) is 24.5. The molecule has 202 valence electrons. The average molecular weight is 615 g/mol. The van der Waals surface area contributed by atoms with Crippen LogP contribution < -0.4 is 5.32 Å². The standard InChI is InChI=1S/C29H28Cl4N2O2.ClH/c30-23-7-8-24(26(32)17-23)29(37)34-18-22(21-6-9-25(31)27(33)16-21)12-15-35-13-10-20(11-14-35)28(36)19-4-2-1-3-5-19;/h1-9,16-17,20,22H,10-15,18H2,(H,34,37);1H. The number of hydrogen-bond acceptors (Lipinski definition) is 3. The van der Waals surface area contributed by atoms with Crippen LogP contribution in [-0.2, 0) is 0 Å². The van der Waals surface area contributed by atoms with Crippen LogP contribution in [-0.4, -0.2) is 42.8 Å². The van der Waals surface area contributed by atoms with E-state index in [0.29, 0.717) is 32.2 Å². The van der Waals surface area contributed by atoms with Crippen molar-refractivity contribution in [1.82, 2.24) is 10.2 Å². The van der Waals surface area contributed by atoms with Crippen molar-refractivity contribution in [3.63, 3.8) is 0 Å². The first-order chi connectivity index (χ1) is 17.8. The summed E-state index contributed by atoms with van der Waals surface area (Å²) in [5.41, 5.74) is 2.17. The molecule has 0 aromatic heterocycles. The summed E-state index contributed by atoms with van der Waals surface area (Å²) < 4.78 is 0. The number of rotatable bonds is 9. The van der Waals surface area contributed by atoms with Crippen molar-refractivity contribution in [1.29, 1.82) is 0 Å². The Bertz CT molecular complexity index is 1250. The van der Waals surface area contributed by atoms with Crippen LogP contribution in [0.5, 0.6) is 0 Å². The van der Waals surface area contributed by atoms with Gasteiger partial charge in [-0.3, -0.25) is 9.59 Å². The number of Topliss-reactive ketones (excluding diaryl/α,β-unsaturated/α-hetero) is 1. The van der Waals surface area contributed by atoms with E-state index in [-0.39, 0.29) is 35.9 Å². The van der Waals surface area contributed by atoms with Gasteiger partial charge in [-0.2, -0.15) is 0 Å². The van der Waals surface area contributed by atoms with Crippen molar-refractivity contribution < 1.29 is 9.59 Å². The average Bonchev–Trinajstić information content (AvgIpc) is 2.90. The number of nitrogens with one attached hydrogen (secondary N) is 1. The van der Waals surface area contributed by atoms with Gasteiger partial charge in [-0.15, -0.1) is 12.4 Å². The van der Waals surface area contributed by atoms with Crippen molar-refractivity contribution in [2.45, 2.75) is 25.2 Å². The van der Waals surface area contributed by atoms with Crippen LogP contribution in [0.2, 0.25) is 20.1 Å². The third-order valence-corrected chi connectivity index (χ3v) is 8.20. The van der Waals surface area contributed by atoms with E-state index in [1.807, 2.05) is 42.5 Å². The lowest BCUT2D eigenvalue weighted by atomic mass is 9.88. The minimum atomic E-state index is -0.257. The number of carbonyl (C=O) groups excluding carboxylic acids is 2. The highest BCUT2D eigenvalue weighted by molar-refractivity contribution is 6.42. The minimum absolute atomic E-state index is 0. The molecule has 1 aliphatic heterocycles.